The number of nitrogens with zero attached hydrogens (tertiary/aromatic N) is 1. The number of Topliss-reactive ketones (excluding diaryl/α,β-unsaturated/α-hetero) is 1. The van der Waals surface area contributed by atoms with E-state index in [1.54, 1.807) is 24.3 Å². The number of ketones is 1. The molecule has 0 aromatic heterocycles. The van der Waals surface area contributed by atoms with Gasteiger partial charge in [0.1, 0.15) is 5.54 Å². The molecule has 7 heteroatoms. The van der Waals surface area contributed by atoms with Crippen molar-refractivity contribution in [1.82, 2.24) is 5.32 Å². The summed E-state index contributed by atoms with van der Waals surface area (Å²) < 4.78 is 0. The van der Waals surface area contributed by atoms with Crippen LogP contribution >= 0.6 is 0 Å². The molecule has 2 amide bonds. The van der Waals surface area contributed by atoms with Gasteiger partial charge in [-0.3, -0.25) is 24.5 Å². The molecule has 7 nitrogen and oxygen atoms in total. The summed E-state index contributed by atoms with van der Waals surface area (Å²) in [5, 5.41) is 14.0. The first-order chi connectivity index (χ1) is 20.8. The van der Waals surface area contributed by atoms with Crippen molar-refractivity contribution < 1.29 is 24.3 Å². The molecule has 0 spiro atoms. The lowest BCUT2D eigenvalue weighted by Gasteiger charge is -2.31. The van der Waals surface area contributed by atoms with Gasteiger partial charge in [0.25, 0.3) is 0 Å². The Labute approximate surface area is 249 Å². The van der Waals surface area contributed by atoms with Crippen molar-refractivity contribution in [2.75, 3.05) is 4.90 Å². The number of carbonyl (C=O) groups is 4. The van der Waals surface area contributed by atoms with Gasteiger partial charge in [0, 0.05) is 18.0 Å². The molecule has 2 fully saturated rings. The minimum absolute atomic E-state index is 0.0227. The van der Waals surface area contributed by atoms with Gasteiger partial charge in [-0.25, -0.2) is 4.90 Å². The van der Waals surface area contributed by atoms with Crippen LogP contribution in [0.3, 0.4) is 0 Å². The highest BCUT2D eigenvalue weighted by Crippen LogP contribution is 2.51. The van der Waals surface area contributed by atoms with Crippen LogP contribution in [-0.4, -0.2) is 34.2 Å². The molecular weight excluding hydrogens is 540 g/mol. The van der Waals surface area contributed by atoms with Crippen molar-refractivity contribution in [3.05, 3.63) is 137 Å². The van der Waals surface area contributed by atoms with Crippen molar-refractivity contribution in [2.45, 2.75) is 24.9 Å². The summed E-state index contributed by atoms with van der Waals surface area (Å²) in [7, 11) is 0. The molecule has 2 heterocycles. The molecule has 0 bridgehead atoms. The zero-order chi connectivity index (χ0) is 30.1. The largest absolute Gasteiger partial charge is 0.480 e. The lowest BCUT2D eigenvalue weighted by molar-refractivity contribution is -0.148. The summed E-state index contributed by atoms with van der Waals surface area (Å²) in [6.07, 6.45) is 4.01. The Morgan fingerprint density at radius 2 is 1.37 bits per heavy atom. The zero-order valence-corrected chi connectivity index (χ0v) is 23.5. The van der Waals surface area contributed by atoms with Gasteiger partial charge in [-0.1, -0.05) is 97.1 Å². The van der Waals surface area contributed by atoms with Gasteiger partial charge >= 0.3 is 5.97 Å². The first kappa shape index (κ1) is 28.0. The fourth-order valence-corrected chi connectivity index (χ4v) is 6.31. The Bertz CT molecular complexity index is 1720. The molecule has 2 N–H and O–H groups in total. The second-order valence-corrected chi connectivity index (χ2v) is 11.1. The van der Waals surface area contributed by atoms with Crippen LogP contribution in [0.15, 0.2) is 109 Å². The van der Waals surface area contributed by atoms with E-state index in [2.05, 4.69) is 5.32 Å². The second-order valence-electron chi connectivity index (χ2n) is 11.1. The molecule has 2 aliphatic rings. The van der Waals surface area contributed by atoms with Gasteiger partial charge < -0.3 is 5.11 Å². The maximum Gasteiger partial charge on any atom is 0.325 e. The topological polar surface area (TPSA) is 104 Å². The molecule has 4 aromatic rings. The summed E-state index contributed by atoms with van der Waals surface area (Å²) >= 11 is 0. The Morgan fingerprint density at radius 1 is 0.791 bits per heavy atom. The first-order valence-corrected chi connectivity index (χ1v) is 14.2. The van der Waals surface area contributed by atoms with Gasteiger partial charge in [0.15, 0.2) is 5.78 Å². The maximum atomic E-state index is 14.1. The minimum atomic E-state index is -1.72. The van der Waals surface area contributed by atoms with E-state index in [1.807, 2.05) is 97.1 Å². The molecule has 2 saturated heterocycles. The van der Waals surface area contributed by atoms with E-state index in [0.29, 0.717) is 11.3 Å². The van der Waals surface area contributed by atoms with E-state index in [1.165, 1.54) is 6.92 Å². The van der Waals surface area contributed by atoms with Crippen LogP contribution in [0.25, 0.3) is 12.2 Å². The molecule has 0 saturated carbocycles. The Balaban J connectivity index is 1.39. The number of carboxylic acid groups (broad SMARTS) is 1. The smallest absolute Gasteiger partial charge is 0.325 e. The number of carbonyl (C=O) groups excluding carboxylic acids is 3. The predicted octanol–water partition coefficient (Wildman–Crippen LogP) is 5.58. The van der Waals surface area contributed by atoms with Crippen LogP contribution in [0.4, 0.5) is 5.69 Å². The predicted molar refractivity (Wildman–Crippen MR) is 164 cm³/mol. The monoisotopic (exact) mass is 570 g/mol. The minimum Gasteiger partial charge on any atom is -0.480 e. The fraction of sp³-hybridized carbons (Fsp3) is 0.167. The lowest BCUT2D eigenvalue weighted by atomic mass is 9.76. The lowest BCUT2D eigenvalue weighted by Crippen LogP contribution is -2.57. The first-order valence-electron chi connectivity index (χ1n) is 14.2. The van der Waals surface area contributed by atoms with Crippen LogP contribution in [0.2, 0.25) is 0 Å². The number of rotatable bonds is 8. The molecule has 214 valence electrons. The molecule has 43 heavy (non-hydrogen) atoms. The van der Waals surface area contributed by atoms with Crippen LogP contribution in [0, 0.1) is 11.8 Å². The average molecular weight is 571 g/mol. The van der Waals surface area contributed by atoms with E-state index >= 15 is 0 Å². The quantitative estimate of drug-likeness (QED) is 0.163. The molecule has 4 aromatic carbocycles. The number of aliphatic carboxylic acids is 1. The van der Waals surface area contributed by atoms with Crippen molar-refractivity contribution in [1.29, 1.82) is 0 Å². The number of amides is 2. The van der Waals surface area contributed by atoms with Crippen LogP contribution in [0.5, 0.6) is 0 Å². The SMILES string of the molecule is CC(=O)c1ccc(N2C(=O)C3C(c4ccc(/C=C/c5ccccc5)cc4)NC(Cc4ccccc4)(C(=O)O)C3C2=O)cc1. The van der Waals surface area contributed by atoms with Crippen molar-refractivity contribution in [3.63, 3.8) is 0 Å². The number of anilines is 1. The molecule has 4 atom stereocenters. The van der Waals surface area contributed by atoms with Crippen LogP contribution in [-0.2, 0) is 20.8 Å². The van der Waals surface area contributed by atoms with Crippen molar-refractivity contribution >= 4 is 41.4 Å². The van der Waals surface area contributed by atoms with E-state index in [-0.39, 0.29) is 12.2 Å². The standard InChI is InChI=1S/C36H30N2O5/c1-23(39)27-18-20-29(21-19-27)38-33(40)30-31(34(38)41)36(35(42)43,22-26-10-6-3-7-11-26)37-32(30)28-16-14-25(15-17-28)13-12-24-8-4-2-5-9-24/h2-21,30-32,37H,22H2,1H3,(H,42,43)/b13-12+. The summed E-state index contributed by atoms with van der Waals surface area (Å²) in [6, 6.07) is 32.2. The Hall–Kier alpha value is -5.14. The summed E-state index contributed by atoms with van der Waals surface area (Å²) in [5.41, 5.74) is 2.51. The number of carboxylic acids is 1. The third kappa shape index (κ3) is 5.08. The fourth-order valence-electron chi connectivity index (χ4n) is 6.31. The molecule has 0 radical (unpaired) electrons. The summed E-state index contributed by atoms with van der Waals surface area (Å²) in [6.45, 7) is 1.44. The maximum absolute atomic E-state index is 14.1. The summed E-state index contributed by atoms with van der Waals surface area (Å²) in [5.74, 6) is -4.44. The third-order valence-electron chi connectivity index (χ3n) is 8.46. The summed E-state index contributed by atoms with van der Waals surface area (Å²) in [4.78, 5) is 54.2. The van der Waals surface area contributed by atoms with Crippen molar-refractivity contribution in [2.24, 2.45) is 11.8 Å². The van der Waals surface area contributed by atoms with Crippen LogP contribution in [0.1, 0.15) is 45.6 Å². The number of imide groups is 1. The number of hydrogen-bond donors (Lipinski definition) is 2. The van der Waals surface area contributed by atoms with Gasteiger partial charge in [0.05, 0.1) is 17.5 Å². The molecule has 0 aliphatic carbocycles. The highest BCUT2D eigenvalue weighted by atomic mass is 16.4. The van der Waals surface area contributed by atoms with Gasteiger partial charge in [-0.2, -0.15) is 0 Å². The normalized spacial score (nSPS) is 23.1. The number of nitrogens with one attached hydrogen (secondary N) is 1. The average Bonchev–Trinajstić information content (AvgIpc) is 3.50. The Kier molecular flexibility index (Phi) is 7.34. The van der Waals surface area contributed by atoms with E-state index in [4.69, 9.17) is 0 Å². The van der Waals surface area contributed by atoms with Gasteiger partial charge in [-0.15, -0.1) is 0 Å². The second kappa shape index (κ2) is 11.3. The third-order valence-corrected chi connectivity index (χ3v) is 8.46. The van der Waals surface area contributed by atoms with Gasteiger partial charge in [0.2, 0.25) is 11.8 Å². The number of hydrogen-bond acceptors (Lipinski definition) is 5. The highest BCUT2D eigenvalue weighted by molar-refractivity contribution is 6.24. The van der Waals surface area contributed by atoms with E-state index in [9.17, 15) is 24.3 Å². The van der Waals surface area contributed by atoms with Crippen LogP contribution < -0.4 is 10.2 Å². The molecule has 2 aliphatic heterocycles. The Morgan fingerprint density at radius 3 is 1.95 bits per heavy atom. The number of fused-ring (bicyclic) bond motifs is 1. The molecular formula is C36H30N2O5. The number of benzene rings is 4. The van der Waals surface area contributed by atoms with Crippen molar-refractivity contribution in [3.8, 4) is 0 Å². The molecule has 4 unspecified atom stereocenters. The zero-order valence-electron chi connectivity index (χ0n) is 23.5. The van der Waals surface area contributed by atoms with E-state index < -0.39 is 41.2 Å². The van der Waals surface area contributed by atoms with Gasteiger partial charge in [-0.05, 0) is 53.4 Å². The molecule has 6 rings (SSSR count). The van der Waals surface area contributed by atoms with E-state index in [0.717, 1.165) is 27.2 Å². The highest BCUT2D eigenvalue weighted by Gasteiger charge is 2.68.